The van der Waals surface area contributed by atoms with E-state index in [4.69, 9.17) is 0 Å². The first kappa shape index (κ1) is 20.5. The Balaban J connectivity index is 2.09. The molecule has 0 bridgehead atoms. The van der Waals surface area contributed by atoms with Gasteiger partial charge in [-0.3, -0.25) is 9.69 Å². The van der Waals surface area contributed by atoms with E-state index in [1.54, 1.807) is 11.8 Å². The molecule has 0 saturated carbocycles. The van der Waals surface area contributed by atoms with E-state index in [1.165, 1.54) is 11.1 Å². The van der Waals surface area contributed by atoms with Crippen molar-refractivity contribution in [2.45, 2.75) is 50.9 Å². The van der Waals surface area contributed by atoms with Gasteiger partial charge in [-0.1, -0.05) is 64.1 Å². The lowest BCUT2D eigenvalue weighted by atomic mass is 10.1. The number of carbonyl (C=O) groups is 1. The molecule has 0 aliphatic rings. The van der Waals surface area contributed by atoms with Crippen LogP contribution in [-0.4, -0.2) is 29.1 Å². The summed E-state index contributed by atoms with van der Waals surface area (Å²) in [5.74, 6) is -0.00797. The van der Waals surface area contributed by atoms with E-state index in [0.717, 1.165) is 30.1 Å². The van der Waals surface area contributed by atoms with Crippen LogP contribution in [0.15, 0.2) is 53.4 Å². The average Bonchev–Trinajstić information content (AvgIpc) is 2.65. The summed E-state index contributed by atoms with van der Waals surface area (Å²) in [6.07, 6.45) is 0. The van der Waals surface area contributed by atoms with Crippen LogP contribution >= 0.6 is 11.8 Å². The number of benzene rings is 2. The summed E-state index contributed by atoms with van der Waals surface area (Å²) in [6, 6.07) is 16.2. The van der Waals surface area contributed by atoms with Gasteiger partial charge in [0.25, 0.3) is 5.91 Å². The molecule has 0 heterocycles. The maximum absolute atomic E-state index is 12.7. The third-order valence-electron chi connectivity index (χ3n) is 4.34. The molecule has 0 saturated heterocycles. The van der Waals surface area contributed by atoms with Crippen molar-refractivity contribution in [1.82, 2.24) is 10.2 Å². The zero-order valence-electron chi connectivity index (χ0n) is 16.3. The lowest BCUT2D eigenvalue weighted by Crippen LogP contribution is -2.26. The fraction of sp³-hybridized carbons (Fsp3) is 0.409. The van der Waals surface area contributed by atoms with Crippen LogP contribution < -0.4 is 5.32 Å². The highest BCUT2D eigenvalue weighted by Crippen LogP contribution is 2.26. The number of nitrogens with one attached hydrogen (secondary N) is 1. The van der Waals surface area contributed by atoms with Crippen molar-refractivity contribution in [3.63, 3.8) is 0 Å². The van der Waals surface area contributed by atoms with Crippen molar-refractivity contribution in [1.29, 1.82) is 0 Å². The van der Waals surface area contributed by atoms with E-state index >= 15 is 0 Å². The Kier molecular flexibility index (Phi) is 8.20. The summed E-state index contributed by atoms with van der Waals surface area (Å²) in [6.45, 7) is 12.2. The Morgan fingerprint density at radius 1 is 1.00 bits per heavy atom. The summed E-state index contributed by atoms with van der Waals surface area (Å²) < 4.78 is 0. The van der Waals surface area contributed by atoms with E-state index in [0.29, 0.717) is 11.8 Å². The van der Waals surface area contributed by atoms with Crippen molar-refractivity contribution in [3.8, 4) is 0 Å². The second kappa shape index (κ2) is 10.4. The molecule has 0 spiro atoms. The molecule has 0 unspecified atom stereocenters. The Bertz CT molecular complexity index is 711. The first-order valence-electron chi connectivity index (χ1n) is 9.38. The quantitative estimate of drug-likeness (QED) is 0.633. The largest absolute Gasteiger partial charge is 0.348 e. The van der Waals surface area contributed by atoms with Gasteiger partial charge in [0.05, 0.1) is 5.56 Å². The van der Waals surface area contributed by atoms with Gasteiger partial charge in [-0.05, 0) is 36.3 Å². The lowest BCUT2D eigenvalue weighted by Gasteiger charge is -2.20. The summed E-state index contributed by atoms with van der Waals surface area (Å²) in [4.78, 5) is 16.2. The minimum absolute atomic E-state index is 0.00797. The Morgan fingerprint density at radius 2 is 1.62 bits per heavy atom. The van der Waals surface area contributed by atoms with Gasteiger partial charge in [0, 0.05) is 23.2 Å². The molecule has 0 aromatic heterocycles. The van der Waals surface area contributed by atoms with E-state index < -0.39 is 0 Å². The second-order valence-electron chi connectivity index (χ2n) is 6.58. The molecule has 2 rings (SSSR count). The number of hydrogen-bond acceptors (Lipinski definition) is 3. The van der Waals surface area contributed by atoms with Crippen LogP contribution in [0, 0.1) is 0 Å². The van der Waals surface area contributed by atoms with Crippen molar-refractivity contribution in [2.24, 2.45) is 0 Å². The normalized spacial score (nSPS) is 11.2. The van der Waals surface area contributed by atoms with Crippen molar-refractivity contribution in [3.05, 3.63) is 65.2 Å². The summed E-state index contributed by atoms with van der Waals surface area (Å²) >= 11 is 1.73. The summed E-state index contributed by atoms with van der Waals surface area (Å²) in [5, 5.41) is 3.55. The molecule has 0 atom stereocenters. The number of hydrogen-bond donors (Lipinski definition) is 1. The van der Waals surface area contributed by atoms with Gasteiger partial charge in [-0.2, -0.15) is 0 Å². The monoisotopic (exact) mass is 370 g/mol. The van der Waals surface area contributed by atoms with Crippen LogP contribution in [0.3, 0.4) is 0 Å². The molecular formula is C22H30N2OS. The third kappa shape index (κ3) is 5.89. The van der Waals surface area contributed by atoms with Crippen molar-refractivity contribution in [2.75, 3.05) is 13.1 Å². The molecule has 4 heteroatoms. The Hall–Kier alpha value is -1.78. The standard InChI is InChI=1S/C22H30N2OS/c1-5-24(6-2)16-19-12-8-7-11-18(19)15-23-22(25)20-13-9-10-14-21(20)26-17(3)4/h7-14,17H,5-6,15-16H2,1-4H3,(H,23,25). The SMILES string of the molecule is CCN(CC)Cc1ccccc1CNC(=O)c1ccccc1SC(C)C. The highest BCUT2D eigenvalue weighted by Gasteiger charge is 2.13. The molecule has 0 fully saturated rings. The number of thioether (sulfide) groups is 1. The zero-order chi connectivity index (χ0) is 18.9. The van der Waals surface area contributed by atoms with Gasteiger partial charge in [0.15, 0.2) is 0 Å². The first-order chi connectivity index (χ1) is 12.5. The van der Waals surface area contributed by atoms with E-state index in [1.807, 2.05) is 30.3 Å². The number of rotatable bonds is 9. The molecule has 3 nitrogen and oxygen atoms in total. The topological polar surface area (TPSA) is 32.3 Å². The van der Waals surface area contributed by atoms with Crippen LogP contribution in [0.2, 0.25) is 0 Å². The lowest BCUT2D eigenvalue weighted by molar-refractivity contribution is 0.0948. The van der Waals surface area contributed by atoms with Gasteiger partial charge in [-0.15, -0.1) is 11.8 Å². The molecule has 0 aliphatic carbocycles. The molecule has 2 aromatic carbocycles. The predicted molar refractivity (Wildman–Crippen MR) is 112 cm³/mol. The van der Waals surface area contributed by atoms with Gasteiger partial charge in [-0.25, -0.2) is 0 Å². The molecule has 1 amide bonds. The Morgan fingerprint density at radius 3 is 2.27 bits per heavy atom. The first-order valence-corrected chi connectivity index (χ1v) is 10.3. The van der Waals surface area contributed by atoms with Gasteiger partial charge < -0.3 is 5.32 Å². The van der Waals surface area contributed by atoms with Gasteiger partial charge in [0.2, 0.25) is 0 Å². The maximum Gasteiger partial charge on any atom is 0.252 e. The number of carbonyl (C=O) groups excluding carboxylic acids is 1. The zero-order valence-corrected chi connectivity index (χ0v) is 17.1. The highest BCUT2D eigenvalue weighted by atomic mass is 32.2. The molecule has 1 N–H and O–H groups in total. The highest BCUT2D eigenvalue weighted by molar-refractivity contribution is 8.00. The van der Waals surface area contributed by atoms with Crippen LogP contribution in [0.1, 0.15) is 49.2 Å². The second-order valence-corrected chi connectivity index (χ2v) is 8.19. The van der Waals surface area contributed by atoms with Gasteiger partial charge >= 0.3 is 0 Å². The van der Waals surface area contributed by atoms with E-state index in [-0.39, 0.29) is 5.91 Å². The smallest absolute Gasteiger partial charge is 0.252 e. The molecule has 140 valence electrons. The number of nitrogens with zero attached hydrogens (tertiary/aromatic N) is 1. The third-order valence-corrected chi connectivity index (χ3v) is 5.42. The van der Waals surface area contributed by atoms with E-state index in [9.17, 15) is 4.79 Å². The van der Waals surface area contributed by atoms with Crippen LogP contribution in [-0.2, 0) is 13.1 Å². The van der Waals surface area contributed by atoms with E-state index in [2.05, 4.69) is 56.1 Å². The molecule has 0 aliphatic heterocycles. The molecular weight excluding hydrogens is 340 g/mol. The fourth-order valence-electron chi connectivity index (χ4n) is 2.85. The summed E-state index contributed by atoms with van der Waals surface area (Å²) in [5.41, 5.74) is 3.22. The van der Waals surface area contributed by atoms with Crippen LogP contribution in [0.4, 0.5) is 0 Å². The molecule has 26 heavy (non-hydrogen) atoms. The Labute approximate surface area is 162 Å². The predicted octanol–water partition coefficient (Wildman–Crippen LogP) is 4.96. The summed E-state index contributed by atoms with van der Waals surface area (Å²) in [7, 11) is 0. The average molecular weight is 371 g/mol. The maximum atomic E-state index is 12.7. The molecule has 2 aromatic rings. The molecule has 0 radical (unpaired) electrons. The minimum Gasteiger partial charge on any atom is -0.348 e. The number of amides is 1. The van der Waals surface area contributed by atoms with Crippen molar-refractivity contribution >= 4 is 17.7 Å². The van der Waals surface area contributed by atoms with Crippen LogP contribution in [0.25, 0.3) is 0 Å². The van der Waals surface area contributed by atoms with Crippen LogP contribution in [0.5, 0.6) is 0 Å². The minimum atomic E-state index is -0.00797. The van der Waals surface area contributed by atoms with Gasteiger partial charge in [0.1, 0.15) is 0 Å². The van der Waals surface area contributed by atoms with Crippen molar-refractivity contribution < 1.29 is 4.79 Å². The fourth-order valence-corrected chi connectivity index (χ4v) is 3.81.